The van der Waals surface area contributed by atoms with Crippen LogP contribution in [0.2, 0.25) is 0 Å². The summed E-state index contributed by atoms with van der Waals surface area (Å²) in [5, 5.41) is 22.2. The molecule has 0 fully saturated rings. The standard InChI is InChI=1S/C14H20N2O3/c1-2-3-4-5-6-14(19)16-15-10-11-7-8-12(17)13(18)9-11/h7-10,17-18H,2-6H2,1H3,(H,16,19). The molecule has 0 saturated carbocycles. The van der Waals surface area contributed by atoms with Gasteiger partial charge < -0.3 is 10.2 Å². The number of hydrazone groups is 1. The molecule has 19 heavy (non-hydrogen) atoms. The summed E-state index contributed by atoms with van der Waals surface area (Å²) >= 11 is 0. The van der Waals surface area contributed by atoms with Gasteiger partial charge in [-0.15, -0.1) is 0 Å². The number of aromatic hydroxyl groups is 2. The minimum Gasteiger partial charge on any atom is -0.504 e. The van der Waals surface area contributed by atoms with Crippen molar-refractivity contribution in [3.63, 3.8) is 0 Å². The smallest absolute Gasteiger partial charge is 0.240 e. The molecule has 1 aromatic rings. The van der Waals surface area contributed by atoms with Crippen molar-refractivity contribution >= 4 is 12.1 Å². The summed E-state index contributed by atoms with van der Waals surface area (Å²) in [6, 6.07) is 4.32. The van der Waals surface area contributed by atoms with E-state index in [1.165, 1.54) is 18.3 Å². The highest BCUT2D eigenvalue weighted by Crippen LogP contribution is 2.23. The van der Waals surface area contributed by atoms with Crippen LogP contribution in [0.4, 0.5) is 0 Å². The molecular weight excluding hydrogens is 244 g/mol. The number of carbonyl (C=O) groups excluding carboxylic acids is 1. The third-order valence-electron chi connectivity index (χ3n) is 2.66. The van der Waals surface area contributed by atoms with Gasteiger partial charge in [0.15, 0.2) is 11.5 Å². The van der Waals surface area contributed by atoms with Crippen LogP contribution in [0.5, 0.6) is 11.5 Å². The molecule has 0 saturated heterocycles. The first-order valence-corrected chi connectivity index (χ1v) is 6.47. The molecule has 0 radical (unpaired) electrons. The zero-order valence-electron chi connectivity index (χ0n) is 11.1. The Hall–Kier alpha value is -2.04. The summed E-state index contributed by atoms with van der Waals surface area (Å²) in [5.74, 6) is -0.512. The molecule has 1 amide bonds. The maximum Gasteiger partial charge on any atom is 0.240 e. The fourth-order valence-electron chi connectivity index (χ4n) is 1.57. The Morgan fingerprint density at radius 2 is 2.05 bits per heavy atom. The van der Waals surface area contributed by atoms with Crippen LogP contribution in [0.25, 0.3) is 0 Å². The van der Waals surface area contributed by atoms with Gasteiger partial charge in [0.05, 0.1) is 6.21 Å². The summed E-state index contributed by atoms with van der Waals surface area (Å²) < 4.78 is 0. The van der Waals surface area contributed by atoms with Crippen molar-refractivity contribution in [2.24, 2.45) is 5.10 Å². The Morgan fingerprint density at radius 1 is 1.26 bits per heavy atom. The van der Waals surface area contributed by atoms with E-state index in [2.05, 4.69) is 17.5 Å². The first kappa shape index (κ1) is 15.0. The molecule has 0 unspecified atom stereocenters. The van der Waals surface area contributed by atoms with Crippen molar-refractivity contribution in [3.8, 4) is 11.5 Å². The van der Waals surface area contributed by atoms with Gasteiger partial charge in [-0.2, -0.15) is 5.10 Å². The Bertz CT molecular complexity index is 444. The normalized spacial score (nSPS) is 10.8. The lowest BCUT2D eigenvalue weighted by atomic mass is 10.1. The molecule has 1 aromatic carbocycles. The van der Waals surface area contributed by atoms with E-state index in [1.807, 2.05) is 0 Å². The average molecular weight is 264 g/mol. The van der Waals surface area contributed by atoms with Crippen LogP contribution < -0.4 is 5.43 Å². The molecule has 0 aromatic heterocycles. The zero-order valence-corrected chi connectivity index (χ0v) is 11.1. The Morgan fingerprint density at radius 3 is 2.74 bits per heavy atom. The predicted octanol–water partition coefficient (Wildman–Crippen LogP) is 2.52. The van der Waals surface area contributed by atoms with Crippen molar-refractivity contribution in [3.05, 3.63) is 23.8 Å². The van der Waals surface area contributed by atoms with Crippen LogP contribution in [-0.2, 0) is 4.79 Å². The van der Waals surface area contributed by atoms with Crippen LogP contribution in [0, 0.1) is 0 Å². The van der Waals surface area contributed by atoms with Crippen LogP contribution in [0.1, 0.15) is 44.6 Å². The Labute approximate surface area is 113 Å². The number of nitrogens with zero attached hydrogens (tertiary/aromatic N) is 1. The number of phenols is 2. The van der Waals surface area contributed by atoms with Gasteiger partial charge in [-0.25, -0.2) is 5.43 Å². The fraction of sp³-hybridized carbons (Fsp3) is 0.429. The second-order valence-corrected chi connectivity index (χ2v) is 4.35. The van der Waals surface area contributed by atoms with Gasteiger partial charge in [0.25, 0.3) is 0 Å². The van der Waals surface area contributed by atoms with Gasteiger partial charge in [-0.05, 0) is 30.2 Å². The Balaban J connectivity index is 2.32. The summed E-state index contributed by atoms with van der Waals surface area (Å²) in [7, 11) is 0. The SMILES string of the molecule is CCCCCCC(=O)NN=Cc1ccc(O)c(O)c1. The molecule has 3 N–H and O–H groups in total. The van der Waals surface area contributed by atoms with Gasteiger partial charge in [-0.3, -0.25) is 4.79 Å². The number of amides is 1. The van der Waals surface area contributed by atoms with E-state index in [4.69, 9.17) is 5.11 Å². The maximum absolute atomic E-state index is 11.4. The van der Waals surface area contributed by atoms with E-state index < -0.39 is 0 Å². The summed E-state index contributed by atoms with van der Waals surface area (Å²) in [4.78, 5) is 11.4. The number of carbonyl (C=O) groups is 1. The molecule has 1 rings (SSSR count). The van der Waals surface area contributed by atoms with Gasteiger partial charge in [0.1, 0.15) is 0 Å². The largest absolute Gasteiger partial charge is 0.504 e. The van der Waals surface area contributed by atoms with Crippen molar-refractivity contribution < 1.29 is 15.0 Å². The molecular formula is C14H20N2O3. The second kappa shape index (κ2) is 8.13. The van der Waals surface area contributed by atoms with Crippen molar-refractivity contribution in [2.75, 3.05) is 0 Å². The van der Waals surface area contributed by atoms with Crippen molar-refractivity contribution in [1.82, 2.24) is 5.43 Å². The number of rotatable bonds is 7. The molecule has 104 valence electrons. The number of unbranched alkanes of at least 4 members (excludes halogenated alkanes) is 3. The lowest BCUT2D eigenvalue weighted by molar-refractivity contribution is -0.121. The van der Waals surface area contributed by atoms with Crippen LogP contribution in [-0.4, -0.2) is 22.3 Å². The molecule has 0 aliphatic heterocycles. The number of hydrogen-bond acceptors (Lipinski definition) is 4. The topological polar surface area (TPSA) is 81.9 Å². The highest BCUT2D eigenvalue weighted by molar-refractivity contribution is 5.83. The lowest BCUT2D eigenvalue weighted by Gasteiger charge is -2.00. The fourth-order valence-corrected chi connectivity index (χ4v) is 1.57. The quantitative estimate of drug-likeness (QED) is 0.306. The third-order valence-corrected chi connectivity index (χ3v) is 2.66. The number of hydrogen-bond donors (Lipinski definition) is 3. The Kier molecular flexibility index (Phi) is 6.43. The molecule has 0 heterocycles. The lowest BCUT2D eigenvalue weighted by Crippen LogP contribution is -2.16. The molecule has 0 spiro atoms. The van der Waals surface area contributed by atoms with Crippen molar-refractivity contribution in [2.45, 2.75) is 39.0 Å². The first-order valence-electron chi connectivity index (χ1n) is 6.47. The van der Waals surface area contributed by atoms with E-state index >= 15 is 0 Å². The van der Waals surface area contributed by atoms with Crippen molar-refractivity contribution in [1.29, 1.82) is 0 Å². The van der Waals surface area contributed by atoms with Crippen LogP contribution in [0.15, 0.2) is 23.3 Å². The zero-order chi connectivity index (χ0) is 14.1. The molecule has 0 atom stereocenters. The summed E-state index contributed by atoms with van der Waals surface area (Å²) in [6.07, 6.45) is 6.10. The number of phenolic OH excluding ortho intramolecular Hbond substituents is 2. The van der Waals surface area contributed by atoms with Crippen LogP contribution >= 0.6 is 0 Å². The predicted molar refractivity (Wildman–Crippen MR) is 74.3 cm³/mol. The third kappa shape index (κ3) is 5.90. The monoisotopic (exact) mass is 264 g/mol. The first-order chi connectivity index (χ1) is 9.13. The molecule has 5 nitrogen and oxygen atoms in total. The highest BCUT2D eigenvalue weighted by Gasteiger charge is 2.00. The van der Waals surface area contributed by atoms with Gasteiger partial charge in [0, 0.05) is 6.42 Å². The minimum absolute atomic E-state index is 0.115. The minimum atomic E-state index is -0.213. The second-order valence-electron chi connectivity index (χ2n) is 4.35. The van der Waals surface area contributed by atoms with E-state index in [1.54, 1.807) is 6.07 Å². The van der Waals surface area contributed by atoms with E-state index in [9.17, 15) is 9.90 Å². The molecule has 5 heteroatoms. The number of benzene rings is 1. The summed E-state index contributed by atoms with van der Waals surface area (Å²) in [5.41, 5.74) is 3.03. The molecule has 0 bridgehead atoms. The summed E-state index contributed by atoms with van der Waals surface area (Å²) in [6.45, 7) is 2.12. The van der Waals surface area contributed by atoms with E-state index in [0.29, 0.717) is 12.0 Å². The average Bonchev–Trinajstić information content (AvgIpc) is 2.39. The van der Waals surface area contributed by atoms with E-state index in [-0.39, 0.29) is 17.4 Å². The number of nitrogens with one attached hydrogen (secondary N) is 1. The van der Waals surface area contributed by atoms with Crippen LogP contribution in [0.3, 0.4) is 0 Å². The molecule has 0 aliphatic rings. The van der Waals surface area contributed by atoms with E-state index in [0.717, 1.165) is 25.7 Å². The highest BCUT2D eigenvalue weighted by atomic mass is 16.3. The van der Waals surface area contributed by atoms with Gasteiger partial charge in [-0.1, -0.05) is 26.2 Å². The van der Waals surface area contributed by atoms with Gasteiger partial charge >= 0.3 is 0 Å². The maximum atomic E-state index is 11.4. The van der Waals surface area contributed by atoms with Gasteiger partial charge in [0.2, 0.25) is 5.91 Å². The molecule has 0 aliphatic carbocycles.